The first-order valence-corrected chi connectivity index (χ1v) is 9.12. The SMILES string of the molecule is O=C1C2=C(OC(c3ccc(F)cc3)(c3ccc(F)cc3)C2)C(=O)c2ccccc21. The summed E-state index contributed by atoms with van der Waals surface area (Å²) in [5, 5.41) is 0. The summed E-state index contributed by atoms with van der Waals surface area (Å²) in [5.74, 6) is -1.46. The summed E-state index contributed by atoms with van der Waals surface area (Å²) in [7, 11) is 0. The second-order valence-corrected chi connectivity index (χ2v) is 7.13. The smallest absolute Gasteiger partial charge is 0.228 e. The summed E-state index contributed by atoms with van der Waals surface area (Å²) in [4.78, 5) is 26.1. The fraction of sp³-hybridized carbons (Fsp3) is 0.0833. The molecule has 0 atom stereocenters. The van der Waals surface area contributed by atoms with Gasteiger partial charge in [-0.25, -0.2) is 8.78 Å². The molecule has 0 fully saturated rings. The van der Waals surface area contributed by atoms with E-state index in [4.69, 9.17) is 4.74 Å². The highest BCUT2D eigenvalue weighted by molar-refractivity contribution is 6.26. The van der Waals surface area contributed by atoms with Gasteiger partial charge in [-0.3, -0.25) is 9.59 Å². The second-order valence-electron chi connectivity index (χ2n) is 7.13. The molecule has 29 heavy (non-hydrogen) atoms. The van der Waals surface area contributed by atoms with Crippen LogP contribution in [0.15, 0.2) is 84.1 Å². The van der Waals surface area contributed by atoms with Crippen LogP contribution >= 0.6 is 0 Å². The minimum Gasteiger partial charge on any atom is -0.473 e. The van der Waals surface area contributed by atoms with Gasteiger partial charge in [-0.05, 0) is 24.3 Å². The van der Waals surface area contributed by atoms with E-state index in [1.165, 1.54) is 24.3 Å². The molecule has 0 aromatic heterocycles. The molecule has 3 aromatic rings. The second kappa shape index (κ2) is 6.21. The van der Waals surface area contributed by atoms with Gasteiger partial charge in [0.2, 0.25) is 5.78 Å². The fourth-order valence-corrected chi connectivity index (χ4v) is 4.06. The summed E-state index contributed by atoms with van der Waals surface area (Å²) in [6.07, 6.45) is 0.0957. The standard InChI is InChI=1S/C24H14F2O3/c25-16-9-5-14(6-10-16)24(15-7-11-17(26)12-8-15)13-20-21(27)18-3-1-2-4-19(18)22(28)23(20)29-24/h1-12H,13H2. The van der Waals surface area contributed by atoms with E-state index < -0.39 is 17.2 Å². The van der Waals surface area contributed by atoms with E-state index in [0.29, 0.717) is 22.3 Å². The molecule has 5 heteroatoms. The number of hydrogen-bond donors (Lipinski definition) is 0. The zero-order valence-corrected chi connectivity index (χ0v) is 15.1. The lowest BCUT2D eigenvalue weighted by Gasteiger charge is -2.31. The molecule has 0 spiro atoms. The molecule has 0 unspecified atom stereocenters. The minimum atomic E-state index is -1.22. The monoisotopic (exact) mass is 388 g/mol. The van der Waals surface area contributed by atoms with E-state index in [1.54, 1.807) is 48.5 Å². The van der Waals surface area contributed by atoms with Gasteiger partial charge in [0.05, 0.1) is 5.57 Å². The molecule has 0 bridgehead atoms. The third-order valence-electron chi connectivity index (χ3n) is 5.49. The first-order valence-electron chi connectivity index (χ1n) is 9.12. The van der Waals surface area contributed by atoms with Crippen LogP contribution in [0.3, 0.4) is 0 Å². The Kier molecular flexibility index (Phi) is 3.74. The van der Waals surface area contributed by atoms with Crippen LogP contribution in [0.1, 0.15) is 38.3 Å². The predicted octanol–water partition coefficient (Wildman–Crippen LogP) is 4.96. The Hall–Kier alpha value is -3.60. The van der Waals surface area contributed by atoms with Crippen LogP contribution < -0.4 is 0 Å². The van der Waals surface area contributed by atoms with Crippen molar-refractivity contribution in [1.29, 1.82) is 0 Å². The number of allylic oxidation sites excluding steroid dienone is 1. The normalized spacial score (nSPS) is 17.0. The lowest BCUT2D eigenvalue weighted by molar-refractivity contribution is 0.0507. The topological polar surface area (TPSA) is 43.4 Å². The van der Waals surface area contributed by atoms with Crippen LogP contribution in [0.2, 0.25) is 0 Å². The number of fused-ring (bicyclic) bond motifs is 1. The molecular weight excluding hydrogens is 374 g/mol. The summed E-state index contributed by atoms with van der Waals surface area (Å²) in [6, 6.07) is 18.0. The van der Waals surface area contributed by atoms with Crippen molar-refractivity contribution in [2.45, 2.75) is 12.0 Å². The Labute approximate surface area is 165 Å². The fourth-order valence-electron chi connectivity index (χ4n) is 4.06. The van der Waals surface area contributed by atoms with Crippen molar-refractivity contribution in [3.63, 3.8) is 0 Å². The molecule has 0 radical (unpaired) electrons. The van der Waals surface area contributed by atoms with Crippen molar-refractivity contribution in [2.24, 2.45) is 0 Å². The number of Topliss-reactive ketones (excluding diaryl/α,β-unsaturated/α-hetero) is 2. The first-order chi connectivity index (χ1) is 14.0. The highest BCUT2D eigenvalue weighted by atomic mass is 19.1. The maximum Gasteiger partial charge on any atom is 0.228 e. The van der Waals surface area contributed by atoms with Crippen LogP contribution in [-0.4, -0.2) is 11.6 Å². The Morgan fingerprint density at radius 1 is 0.690 bits per heavy atom. The summed E-state index contributed by atoms with van der Waals surface area (Å²) in [6.45, 7) is 0. The molecule has 2 aliphatic rings. The zero-order valence-electron chi connectivity index (χ0n) is 15.1. The van der Waals surface area contributed by atoms with E-state index in [0.717, 1.165) is 0 Å². The van der Waals surface area contributed by atoms with Gasteiger partial charge in [-0.15, -0.1) is 0 Å². The van der Waals surface area contributed by atoms with Gasteiger partial charge < -0.3 is 4.74 Å². The van der Waals surface area contributed by atoms with E-state index in [1.807, 2.05) is 0 Å². The van der Waals surface area contributed by atoms with Crippen molar-refractivity contribution in [3.05, 3.63) is 118 Å². The van der Waals surface area contributed by atoms with Crippen LogP contribution in [0, 0.1) is 11.6 Å². The lowest BCUT2D eigenvalue weighted by Crippen LogP contribution is -2.28. The van der Waals surface area contributed by atoms with Crippen molar-refractivity contribution in [3.8, 4) is 0 Å². The quantitative estimate of drug-likeness (QED) is 0.623. The zero-order chi connectivity index (χ0) is 20.2. The highest BCUT2D eigenvalue weighted by Gasteiger charge is 2.50. The van der Waals surface area contributed by atoms with Crippen molar-refractivity contribution < 1.29 is 23.1 Å². The Balaban J connectivity index is 1.68. The third kappa shape index (κ3) is 2.54. The van der Waals surface area contributed by atoms with Crippen molar-refractivity contribution >= 4 is 11.6 Å². The molecule has 0 N–H and O–H groups in total. The average molecular weight is 388 g/mol. The van der Waals surface area contributed by atoms with Gasteiger partial charge in [-0.2, -0.15) is 0 Å². The Morgan fingerprint density at radius 3 is 1.69 bits per heavy atom. The van der Waals surface area contributed by atoms with Crippen LogP contribution in [0.25, 0.3) is 0 Å². The molecule has 3 nitrogen and oxygen atoms in total. The third-order valence-corrected chi connectivity index (χ3v) is 5.49. The molecule has 1 aliphatic carbocycles. The van der Waals surface area contributed by atoms with Crippen molar-refractivity contribution in [1.82, 2.24) is 0 Å². The predicted molar refractivity (Wildman–Crippen MR) is 101 cm³/mol. The van der Waals surface area contributed by atoms with Gasteiger partial charge in [0.15, 0.2) is 17.1 Å². The number of halogens is 2. The molecule has 0 amide bonds. The lowest BCUT2D eigenvalue weighted by atomic mass is 9.79. The average Bonchev–Trinajstić information content (AvgIpc) is 3.15. The first kappa shape index (κ1) is 17.5. The number of ether oxygens (including phenoxy) is 1. The van der Waals surface area contributed by atoms with Crippen LogP contribution in [0.5, 0.6) is 0 Å². The molecule has 5 rings (SSSR count). The number of carbonyl (C=O) groups is 2. The maximum absolute atomic E-state index is 13.5. The van der Waals surface area contributed by atoms with E-state index >= 15 is 0 Å². The van der Waals surface area contributed by atoms with E-state index in [-0.39, 0.29) is 29.3 Å². The van der Waals surface area contributed by atoms with E-state index in [2.05, 4.69) is 0 Å². The van der Waals surface area contributed by atoms with Gasteiger partial charge in [0.25, 0.3) is 0 Å². The summed E-state index contributed by atoms with van der Waals surface area (Å²) in [5.41, 5.74) is 0.843. The molecular formula is C24H14F2O3. The summed E-state index contributed by atoms with van der Waals surface area (Å²) < 4.78 is 33.3. The van der Waals surface area contributed by atoms with Gasteiger partial charge in [-0.1, -0.05) is 48.5 Å². The highest BCUT2D eigenvalue weighted by Crippen LogP contribution is 2.49. The van der Waals surface area contributed by atoms with Crippen LogP contribution in [0.4, 0.5) is 8.78 Å². The number of carbonyl (C=O) groups excluding carboxylic acids is 2. The van der Waals surface area contributed by atoms with Gasteiger partial charge >= 0.3 is 0 Å². The van der Waals surface area contributed by atoms with Gasteiger partial charge in [0, 0.05) is 28.7 Å². The number of rotatable bonds is 2. The molecule has 0 saturated carbocycles. The van der Waals surface area contributed by atoms with E-state index in [9.17, 15) is 18.4 Å². The largest absolute Gasteiger partial charge is 0.473 e. The molecule has 1 aliphatic heterocycles. The maximum atomic E-state index is 13.5. The number of benzene rings is 3. The molecule has 0 saturated heterocycles. The van der Waals surface area contributed by atoms with Crippen molar-refractivity contribution in [2.75, 3.05) is 0 Å². The number of hydrogen-bond acceptors (Lipinski definition) is 3. The minimum absolute atomic E-state index is 0.00218. The molecule has 1 heterocycles. The van der Waals surface area contributed by atoms with Gasteiger partial charge in [0.1, 0.15) is 11.6 Å². The molecule has 142 valence electrons. The molecule has 3 aromatic carbocycles. The number of ketones is 2. The Morgan fingerprint density at radius 2 is 1.17 bits per heavy atom. The summed E-state index contributed by atoms with van der Waals surface area (Å²) >= 11 is 0. The Bertz CT molecular complexity index is 1100. The van der Waals surface area contributed by atoms with Crippen LogP contribution in [-0.2, 0) is 10.3 Å².